The van der Waals surface area contributed by atoms with Crippen LogP contribution in [0.5, 0.6) is 0 Å². The molecule has 0 bridgehead atoms. The number of aliphatic carboxylic acids is 1. The van der Waals surface area contributed by atoms with Crippen LogP contribution in [0.25, 0.3) is 0 Å². The molecular formula is C28H56O8PS+. The minimum Gasteiger partial charge on any atom is -0.476 e. The topological polar surface area (TPSA) is 127 Å². The molecule has 0 rings (SSSR count). The van der Waals surface area contributed by atoms with Crippen LogP contribution in [0.15, 0.2) is 0 Å². The fraction of sp³-hybridized carbons (Fsp3) is 0.964. The van der Waals surface area contributed by atoms with Crippen LogP contribution in [0.3, 0.4) is 0 Å². The van der Waals surface area contributed by atoms with Crippen LogP contribution in [-0.2, 0) is 28.5 Å². The second-order valence-corrected chi connectivity index (χ2v) is 14.4. The highest BCUT2D eigenvalue weighted by Gasteiger charge is 2.59. The molecule has 0 fully saturated rings. The Kier molecular flexibility index (Phi) is 21.8. The summed E-state index contributed by atoms with van der Waals surface area (Å²) in [5.74, 6) is -1.65. The van der Waals surface area contributed by atoms with Crippen molar-refractivity contribution in [2.45, 2.75) is 154 Å². The van der Waals surface area contributed by atoms with Crippen LogP contribution in [0.4, 0.5) is 0 Å². The maximum absolute atomic E-state index is 13.3. The Labute approximate surface area is 233 Å². The van der Waals surface area contributed by atoms with E-state index in [1.165, 1.54) is 32.1 Å². The molecule has 4 atom stereocenters. The summed E-state index contributed by atoms with van der Waals surface area (Å²) in [6.07, 6.45) is 16.0. The third kappa shape index (κ3) is 15.9. The normalized spacial score (nSPS) is 15.7. The van der Waals surface area contributed by atoms with E-state index in [0.29, 0.717) is 19.3 Å². The molecule has 0 aliphatic heterocycles. The highest BCUT2D eigenvalue weighted by atomic mass is 32.2. The van der Waals surface area contributed by atoms with Crippen molar-refractivity contribution < 1.29 is 37.3 Å². The molecule has 226 valence electrons. The zero-order valence-corrected chi connectivity index (χ0v) is 26.2. The van der Waals surface area contributed by atoms with Gasteiger partial charge in [-0.05, 0) is 30.8 Å². The van der Waals surface area contributed by atoms with Gasteiger partial charge in [0, 0.05) is 0 Å². The standard InChI is InChI=1S/C28H55O8PS/c1-5-8-10-12-14-15-16-18-20-23-38(33,34)26(21-19-17-13-11-9-6-2)25(4)35-24-28(31,27(29)30)37(32)36-22-7-3/h25-26,31H,5-24H2,1-4H3/p+1. The number of ether oxygens (including phenoxy) is 1. The molecule has 2 N–H and O–H groups in total. The summed E-state index contributed by atoms with van der Waals surface area (Å²) in [6.45, 7) is 6.94. The van der Waals surface area contributed by atoms with Gasteiger partial charge in [-0.1, -0.05) is 111 Å². The summed E-state index contributed by atoms with van der Waals surface area (Å²) >= 11 is 0. The van der Waals surface area contributed by atoms with Crippen molar-refractivity contribution in [2.75, 3.05) is 19.0 Å². The van der Waals surface area contributed by atoms with E-state index in [1.807, 2.05) is 0 Å². The quantitative estimate of drug-likeness (QED) is 0.0756. The number of carboxylic acids is 1. The lowest BCUT2D eigenvalue weighted by Crippen LogP contribution is -2.44. The summed E-state index contributed by atoms with van der Waals surface area (Å²) in [5, 5.41) is 16.5. The fourth-order valence-corrected chi connectivity index (χ4v) is 7.42. The lowest BCUT2D eigenvalue weighted by atomic mass is 10.1. The van der Waals surface area contributed by atoms with Gasteiger partial charge in [0.05, 0.1) is 17.1 Å². The van der Waals surface area contributed by atoms with Gasteiger partial charge >= 0.3 is 19.3 Å². The Hall–Kier alpha value is -0.600. The molecule has 38 heavy (non-hydrogen) atoms. The molecule has 0 aliphatic rings. The van der Waals surface area contributed by atoms with E-state index in [1.54, 1.807) is 13.8 Å². The van der Waals surface area contributed by atoms with Gasteiger partial charge in [0.2, 0.25) is 0 Å². The van der Waals surface area contributed by atoms with Gasteiger partial charge in [-0.2, -0.15) is 0 Å². The molecule has 0 aromatic heterocycles. The molecule has 0 saturated heterocycles. The average molecular weight is 584 g/mol. The molecule has 0 amide bonds. The molecule has 0 aliphatic carbocycles. The monoisotopic (exact) mass is 583 g/mol. The van der Waals surface area contributed by atoms with Crippen LogP contribution in [0, 0.1) is 0 Å². The Morgan fingerprint density at radius 2 is 1.29 bits per heavy atom. The molecule has 4 unspecified atom stereocenters. The van der Waals surface area contributed by atoms with E-state index in [-0.39, 0.29) is 12.4 Å². The average Bonchev–Trinajstić information content (AvgIpc) is 2.88. The molecule has 0 spiro atoms. The molecule has 0 saturated carbocycles. The molecule has 0 aromatic carbocycles. The number of carbonyl (C=O) groups is 1. The molecule has 0 radical (unpaired) electrons. The van der Waals surface area contributed by atoms with Crippen molar-refractivity contribution in [3.8, 4) is 0 Å². The number of hydrogen-bond acceptors (Lipinski definition) is 7. The summed E-state index contributed by atoms with van der Waals surface area (Å²) in [6, 6.07) is 0. The highest BCUT2D eigenvalue weighted by Crippen LogP contribution is 2.39. The van der Waals surface area contributed by atoms with E-state index in [9.17, 15) is 28.0 Å². The number of unbranched alkanes of at least 4 members (excludes halogenated alkanes) is 13. The van der Waals surface area contributed by atoms with Crippen molar-refractivity contribution in [1.82, 2.24) is 0 Å². The predicted octanol–water partition coefficient (Wildman–Crippen LogP) is 7.40. The largest absolute Gasteiger partial charge is 0.558 e. The first-order valence-electron chi connectivity index (χ1n) is 15.0. The van der Waals surface area contributed by atoms with E-state index < -0.39 is 47.1 Å². The van der Waals surface area contributed by atoms with Gasteiger partial charge in [0.25, 0.3) is 0 Å². The van der Waals surface area contributed by atoms with Crippen LogP contribution in [0.1, 0.15) is 137 Å². The SMILES string of the molecule is CCCCCCCCCCCS(=O)(=O)C(CCCCCCCC)C(C)OCC(O)(C(=O)O)[P+](=O)OCCC. The Bertz CT molecular complexity index is 730. The molecule has 0 aromatic rings. The zero-order valence-electron chi connectivity index (χ0n) is 24.5. The van der Waals surface area contributed by atoms with Gasteiger partial charge in [-0.25, -0.2) is 13.2 Å². The van der Waals surface area contributed by atoms with Crippen molar-refractivity contribution in [1.29, 1.82) is 0 Å². The number of aliphatic hydroxyl groups is 1. The summed E-state index contributed by atoms with van der Waals surface area (Å²) in [7, 11) is -6.46. The van der Waals surface area contributed by atoms with Crippen molar-refractivity contribution in [3.63, 3.8) is 0 Å². The minimum absolute atomic E-state index is 0.0358. The lowest BCUT2D eigenvalue weighted by Gasteiger charge is -2.25. The van der Waals surface area contributed by atoms with Crippen molar-refractivity contribution in [3.05, 3.63) is 0 Å². The Morgan fingerprint density at radius 1 is 0.816 bits per heavy atom. The third-order valence-corrected chi connectivity index (χ3v) is 10.7. The zero-order chi connectivity index (χ0) is 28.9. The minimum atomic E-state index is -3.50. The first-order chi connectivity index (χ1) is 18.1. The Balaban J connectivity index is 5.09. The van der Waals surface area contributed by atoms with Gasteiger partial charge < -0.3 is 14.9 Å². The number of carboxylic acid groups (broad SMARTS) is 1. The van der Waals surface area contributed by atoms with Crippen molar-refractivity contribution >= 4 is 23.8 Å². The summed E-state index contributed by atoms with van der Waals surface area (Å²) < 4.78 is 49.6. The van der Waals surface area contributed by atoms with Gasteiger partial charge in [-0.3, -0.25) is 0 Å². The molecule has 8 nitrogen and oxygen atoms in total. The van der Waals surface area contributed by atoms with E-state index in [4.69, 9.17) is 9.26 Å². The molecule has 10 heteroatoms. The first kappa shape index (κ1) is 37.4. The van der Waals surface area contributed by atoms with Crippen LogP contribution < -0.4 is 0 Å². The van der Waals surface area contributed by atoms with Gasteiger partial charge in [0.15, 0.2) is 9.84 Å². The predicted molar refractivity (Wildman–Crippen MR) is 155 cm³/mol. The number of rotatable bonds is 27. The second kappa shape index (κ2) is 22.1. The van der Waals surface area contributed by atoms with Crippen molar-refractivity contribution in [2.24, 2.45) is 0 Å². The maximum atomic E-state index is 13.3. The molecular weight excluding hydrogens is 527 g/mol. The smallest absolute Gasteiger partial charge is 0.476 e. The summed E-state index contributed by atoms with van der Waals surface area (Å²) in [5.41, 5.74) is 0. The van der Waals surface area contributed by atoms with Crippen LogP contribution in [-0.4, -0.2) is 60.3 Å². The number of sulfone groups is 1. The fourth-order valence-electron chi connectivity index (χ4n) is 4.43. The van der Waals surface area contributed by atoms with E-state index in [0.717, 1.165) is 57.8 Å². The van der Waals surface area contributed by atoms with Gasteiger partial charge in [-0.15, -0.1) is 4.52 Å². The third-order valence-electron chi connectivity index (χ3n) is 6.96. The van der Waals surface area contributed by atoms with E-state index in [2.05, 4.69) is 13.8 Å². The lowest BCUT2D eigenvalue weighted by molar-refractivity contribution is -0.156. The highest BCUT2D eigenvalue weighted by molar-refractivity contribution is 7.92. The number of hydrogen-bond donors (Lipinski definition) is 2. The Morgan fingerprint density at radius 3 is 1.76 bits per heavy atom. The van der Waals surface area contributed by atoms with Gasteiger partial charge in [0.1, 0.15) is 13.2 Å². The maximum Gasteiger partial charge on any atom is 0.558 e. The van der Waals surface area contributed by atoms with E-state index >= 15 is 0 Å². The van der Waals surface area contributed by atoms with Crippen LogP contribution >= 0.6 is 8.03 Å². The molecule has 0 heterocycles. The summed E-state index contributed by atoms with van der Waals surface area (Å²) in [4.78, 5) is 11.7. The van der Waals surface area contributed by atoms with Crippen LogP contribution in [0.2, 0.25) is 0 Å². The second-order valence-electron chi connectivity index (χ2n) is 10.5. The first-order valence-corrected chi connectivity index (χ1v) is 17.8.